The number of likely N-dealkylation sites (N-methyl/N-ethyl adjacent to an activating group) is 1. The summed E-state index contributed by atoms with van der Waals surface area (Å²) in [6, 6.07) is 1.34. The summed E-state index contributed by atoms with van der Waals surface area (Å²) < 4.78 is 0. The van der Waals surface area contributed by atoms with Gasteiger partial charge in [0.15, 0.2) is 5.96 Å². The Bertz CT molecular complexity index is 261. The van der Waals surface area contributed by atoms with Crippen LogP contribution in [0, 0.1) is 0 Å². The fourth-order valence-corrected chi connectivity index (χ4v) is 2.12. The number of hydrogen-bond donors (Lipinski definition) is 2. The van der Waals surface area contributed by atoms with E-state index in [0.29, 0.717) is 6.04 Å². The summed E-state index contributed by atoms with van der Waals surface area (Å²) in [5.74, 6) is 0.967. The van der Waals surface area contributed by atoms with Crippen molar-refractivity contribution in [2.24, 2.45) is 4.99 Å². The Morgan fingerprint density at radius 1 is 1.26 bits per heavy atom. The van der Waals surface area contributed by atoms with Crippen LogP contribution in [0.3, 0.4) is 0 Å². The third-order valence-electron chi connectivity index (χ3n) is 3.75. The first-order chi connectivity index (χ1) is 9.19. The van der Waals surface area contributed by atoms with Crippen LogP contribution >= 0.6 is 0 Å². The van der Waals surface area contributed by atoms with Crippen molar-refractivity contribution in [1.82, 2.24) is 15.5 Å². The van der Waals surface area contributed by atoms with Gasteiger partial charge in [-0.3, -0.25) is 9.89 Å². The quantitative estimate of drug-likeness (QED) is 0.383. The second kappa shape index (κ2) is 9.18. The molecule has 112 valence electrons. The zero-order valence-corrected chi connectivity index (χ0v) is 13.2. The maximum absolute atomic E-state index is 4.70. The highest BCUT2D eigenvalue weighted by atomic mass is 15.2. The van der Waals surface area contributed by atoms with Crippen LogP contribution in [0.5, 0.6) is 0 Å². The standard InChI is InChI=1S/C15H32N4/c1-5-7-8-11-17-15(16-6-2)18-12-13(3)19(4)14-9-10-14/h13-14H,5-12H2,1-4H3,(H2,16,17,18). The van der Waals surface area contributed by atoms with Gasteiger partial charge in [-0.05, 0) is 40.2 Å². The minimum atomic E-state index is 0.526. The number of nitrogens with one attached hydrogen (secondary N) is 2. The maximum Gasteiger partial charge on any atom is 0.191 e. The Balaban J connectivity index is 2.29. The topological polar surface area (TPSA) is 39.7 Å². The molecule has 0 spiro atoms. The Labute approximate surface area is 119 Å². The number of nitrogens with zero attached hydrogens (tertiary/aromatic N) is 2. The van der Waals surface area contributed by atoms with Crippen molar-refractivity contribution in [3.63, 3.8) is 0 Å². The van der Waals surface area contributed by atoms with Gasteiger partial charge in [0.25, 0.3) is 0 Å². The van der Waals surface area contributed by atoms with E-state index in [9.17, 15) is 0 Å². The normalized spacial score (nSPS) is 17.6. The van der Waals surface area contributed by atoms with Gasteiger partial charge in [-0.15, -0.1) is 0 Å². The zero-order valence-electron chi connectivity index (χ0n) is 13.2. The average Bonchev–Trinajstić information content (AvgIpc) is 3.24. The van der Waals surface area contributed by atoms with E-state index in [1.807, 2.05) is 0 Å². The van der Waals surface area contributed by atoms with Gasteiger partial charge in [0.1, 0.15) is 0 Å². The van der Waals surface area contributed by atoms with Crippen LogP contribution in [0.2, 0.25) is 0 Å². The fourth-order valence-electron chi connectivity index (χ4n) is 2.12. The van der Waals surface area contributed by atoms with E-state index in [0.717, 1.165) is 31.6 Å². The first-order valence-electron chi connectivity index (χ1n) is 7.93. The van der Waals surface area contributed by atoms with Crippen LogP contribution in [-0.2, 0) is 0 Å². The molecule has 0 aromatic carbocycles. The largest absolute Gasteiger partial charge is 0.357 e. The van der Waals surface area contributed by atoms with Crippen molar-refractivity contribution in [3.05, 3.63) is 0 Å². The van der Waals surface area contributed by atoms with Crippen LogP contribution in [0.15, 0.2) is 4.99 Å². The van der Waals surface area contributed by atoms with E-state index >= 15 is 0 Å². The molecule has 0 heterocycles. The summed E-state index contributed by atoms with van der Waals surface area (Å²) in [5.41, 5.74) is 0. The zero-order chi connectivity index (χ0) is 14.1. The molecule has 0 aliphatic heterocycles. The molecule has 0 aromatic rings. The average molecular weight is 268 g/mol. The predicted octanol–water partition coefficient (Wildman–Crippen LogP) is 2.21. The van der Waals surface area contributed by atoms with Gasteiger partial charge in [-0.2, -0.15) is 0 Å². The van der Waals surface area contributed by atoms with Gasteiger partial charge >= 0.3 is 0 Å². The van der Waals surface area contributed by atoms with Crippen molar-refractivity contribution in [2.75, 3.05) is 26.7 Å². The van der Waals surface area contributed by atoms with Crippen molar-refractivity contribution in [2.45, 2.75) is 65.0 Å². The lowest BCUT2D eigenvalue weighted by Crippen LogP contribution is -2.40. The molecule has 4 heteroatoms. The first kappa shape index (κ1) is 16.3. The summed E-state index contributed by atoms with van der Waals surface area (Å²) in [6.07, 6.45) is 6.49. The summed E-state index contributed by atoms with van der Waals surface area (Å²) in [7, 11) is 2.22. The smallest absolute Gasteiger partial charge is 0.191 e. The van der Waals surface area contributed by atoms with Gasteiger partial charge in [0.2, 0.25) is 0 Å². The van der Waals surface area contributed by atoms with Crippen LogP contribution in [0.25, 0.3) is 0 Å². The van der Waals surface area contributed by atoms with E-state index in [2.05, 4.69) is 43.4 Å². The van der Waals surface area contributed by atoms with Crippen molar-refractivity contribution in [1.29, 1.82) is 0 Å². The van der Waals surface area contributed by atoms with Crippen LogP contribution in [-0.4, -0.2) is 49.6 Å². The molecule has 0 bridgehead atoms. The molecule has 1 unspecified atom stereocenters. The molecule has 1 rings (SSSR count). The summed E-state index contributed by atoms with van der Waals surface area (Å²) in [6.45, 7) is 9.43. The second-order valence-corrected chi connectivity index (χ2v) is 5.60. The number of unbranched alkanes of at least 4 members (excludes halogenated alkanes) is 2. The van der Waals surface area contributed by atoms with Gasteiger partial charge in [0.05, 0.1) is 6.54 Å². The molecule has 1 aliphatic rings. The highest BCUT2D eigenvalue weighted by Crippen LogP contribution is 2.26. The third kappa shape index (κ3) is 6.81. The second-order valence-electron chi connectivity index (χ2n) is 5.60. The molecule has 0 radical (unpaired) electrons. The van der Waals surface area contributed by atoms with Crippen molar-refractivity contribution >= 4 is 5.96 Å². The highest BCUT2D eigenvalue weighted by molar-refractivity contribution is 5.79. The van der Waals surface area contributed by atoms with Crippen LogP contribution in [0.1, 0.15) is 52.9 Å². The number of guanidine groups is 1. The van der Waals surface area contributed by atoms with E-state index < -0.39 is 0 Å². The predicted molar refractivity (Wildman–Crippen MR) is 83.8 cm³/mol. The molecule has 0 amide bonds. The number of hydrogen-bond acceptors (Lipinski definition) is 2. The first-order valence-corrected chi connectivity index (χ1v) is 7.93. The van der Waals surface area contributed by atoms with E-state index in [4.69, 9.17) is 4.99 Å². The van der Waals surface area contributed by atoms with E-state index in [1.165, 1.54) is 32.1 Å². The molecule has 1 saturated carbocycles. The van der Waals surface area contributed by atoms with Gasteiger partial charge in [-0.25, -0.2) is 0 Å². The van der Waals surface area contributed by atoms with Gasteiger partial charge < -0.3 is 10.6 Å². The summed E-state index contributed by atoms with van der Waals surface area (Å²) >= 11 is 0. The Kier molecular flexibility index (Phi) is 7.87. The van der Waals surface area contributed by atoms with Crippen LogP contribution < -0.4 is 10.6 Å². The molecule has 1 aliphatic carbocycles. The van der Waals surface area contributed by atoms with Crippen LogP contribution in [0.4, 0.5) is 0 Å². The minimum absolute atomic E-state index is 0.526. The number of rotatable bonds is 9. The molecule has 4 nitrogen and oxygen atoms in total. The molecule has 2 N–H and O–H groups in total. The van der Waals surface area contributed by atoms with E-state index in [-0.39, 0.29) is 0 Å². The Morgan fingerprint density at radius 3 is 2.58 bits per heavy atom. The highest BCUT2D eigenvalue weighted by Gasteiger charge is 2.28. The summed E-state index contributed by atoms with van der Waals surface area (Å²) in [5, 5.41) is 6.73. The lowest BCUT2D eigenvalue weighted by atomic mass is 10.2. The molecule has 1 fully saturated rings. The van der Waals surface area contributed by atoms with Crippen molar-refractivity contribution < 1.29 is 0 Å². The molecule has 0 aromatic heterocycles. The molecule has 0 saturated heterocycles. The maximum atomic E-state index is 4.70. The minimum Gasteiger partial charge on any atom is -0.357 e. The molecular weight excluding hydrogens is 236 g/mol. The lowest BCUT2D eigenvalue weighted by molar-refractivity contribution is 0.253. The fraction of sp³-hybridized carbons (Fsp3) is 0.933. The molecule has 1 atom stereocenters. The molecular formula is C15H32N4. The van der Waals surface area contributed by atoms with Crippen molar-refractivity contribution in [3.8, 4) is 0 Å². The SMILES string of the molecule is CCCCCNC(=NCC(C)N(C)C1CC1)NCC. The molecule has 19 heavy (non-hydrogen) atoms. The van der Waals surface area contributed by atoms with Gasteiger partial charge in [-0.1, -0.05) is 19.8 Å². The number of aliphatic imine (C=N–C) groups is 1. The third-order valence-corrected chi connectivity index (χ3v) is 3.75. The lowest BCUT2D eigenvalue weighted by Gasteiger charge is -2.23. The van der Waals surface area contributed by atoms with Gasteiger partial charge in [0, 0.05) is 25.2 Å². The summed E-state index contributed by atoms with van der Waals surface area (Å²) in [4.78, 5) is 7.16. The van der Waals surface area contributed by atoms with E-state index in [1.54, 1.807) is 0 Å². The Hall–Kier alpha value is -0.770. The Morgan fingerprint density at radius 2 is 2.00 bits per heavy atom. The monoisotopic (exact) mass is 268 g/mol.